The molecule has 3 rings (SSSR count). The number of amides is 2. The van der Waals surface area contributed by atoms with Crippen LogP contribution in [0.5, 0.6) is 0 Å². The molecule has 0 aliphatic carbocycles. The predicted molar refractivity (Wildman–Crippen MR) is 118 cm³/mol. The molecular formula is C22H30N4O2S. The van der Waals surface area contributed by atoms with E-state index in [1.54, 1.807) is 11.3 Å². The highest BCUT2D eigenvalue weighted by Crippen LogP contribution is 2.30. The topological polar surface area (TPSA) is 65.5 Å². The molecule has 7 heteroatoms. The molecule has 1 atom stereocenters. The Balaban J connectivity index is 1.59. The van der Waals surface area contributed by atoms with Gasteiger partial charge in [-0.2, -0.15) is 0 Å². The van der Waals surface area contributed by atoms with Crippen LogP contribution < -0.4 is 10.2 Å². The van der Waals surface area contributed by atoms with Crippen LogP contribution in [0, 0.1) is 0 Å². The van der Waals surface area contributed by atoms with E-state index in [1.165, 1.54) is 0 Å². The van der Waals surface area contributed by atoms with Gasteiger partial charge in [-0.1, -0.05) is 6.92 Å². The van der Waals surface area contributed by atoms with Gasteiger partial charge in [0.15, 0.2) is 0 Å². The minimum absolute atomic E-state index is 0.0699. The maximum Gasteiger partial charge on any atom is 0.253 e. The lowest BCUT2D eigenvalue weighted by molar-refractivity contribution is -0.120. The van der Waals surface area contributed by atoms with Crippen LogP contribution in [0.2, 0.25) is 0 Å². The van der Waals surface area contributed by atoms with Gasteiger partial charge >= 0.3 is 0 Å². The van der Waals surface area contributed by atoms with Gasteiger partial charge in [0.05, 0.1) is 10.7 Å². The van der Waals surface area contributed by atoms with Gasteiger partial charge in [-0.05, 0) is 37.1 Å². The molecule has 1 aromatic carbocycles. The summed E-state index contributed by atoms with van der Waals surface area (Å²) in [7, 11) is 3.98. The molecule has 1 aliphatic heterocycles. The van der Waals surface area contributed by atoms with Crippen molar-refractivity contribution in [3.8, 4) is 0 Å². The summed E-state index contributed by atoms with van der Waals surface area (Å²) in [6.45, 7) is 3.98. The highest BCUT2D eigenvalue weighted by molar-refractivity contribution is 7.09. The van der Waals surface area contributed by atoms with E-state index in [2.05, 4.69) is 10.7 Å². The lowest BCUT2D eigenvalue weighted by atomic mass is 9.98. The number of thiazole rings is 1. The van der Waals surface area contributed by atoms with Crippen LogP contribution in [0.4, 0.5) is 5.69 Å². The van der Waals surface area contributed by atoms with Crippen molar-refractivity contribution in [3.05, 3.63) is 45.9 Å². The maximum atomic E-state index is 13.0. The van der Waals surface area contributed by atoms with Crippen LogP contribution in [-0.4, -0.2) is 55.4 Å². The third kappa shape index (κ3) is 5.56. The van der Waals surface area contributed by atoms with Crippen molar-refractivity contribution < 1.29 is 9.59 Å². The molecule has 156 valence electrons. The average molecular weight is 415 g/mol. The Morgan fingerprint density at radius 3 is 2.72 bits per heavy atom. The molecule has 2 aromatic rings. The highest BCUT2D eigenvalue weighted by Gasteiger charge is 2.27. The van der Waals surface area contributed by atoms with E-state index in [-0.39, 0.29) is 17.7 Å². The van der Waals surface area contributed by atoms with Crippen molar-refractivity contribution in [1.82, 2.24) is 15.2 Å². The number of carbonyl (C=O) groups excluding carboxylic acids is 2. The quantitative estimate of drug-likeness (QED) is 0.755. The van der Waals surface area contributed by atoms with Gasteiger partial charge in [0.1, 0.15) is 0 Å². The SMILES string of the molecule is CCC(=O)NCCc1csc(C2CCCN(C(=O)c3ccc(N(C)C)cc3)C2)n1. The lowest BCUT2D eigenvalue weighted by Gasteiger charge is -2.32. The van der Waals surface area contributed by atoms with Crippen molar-refractivity contribution in [2.24, 2.45) is 0 Å². The molecule has 1 unspecified atom stereocenters. The van der Waals surface area contributed by atoms with E-state index in [0.717, 1.165) is 47.8 Å². The van der Waals surface area contributed by atoms with E-state index in [9.17, 15) is 9.59 Å². The van der Waals surface area contributed by atoms with Crippen LogP contribution in [0.15, 0.2) is 29.6 Å². The Morgan fingerprint density at radius 1 is 1.28 bits per heavy atom. The first-order valence-corrected chi connectivity index (χ1v) is 11.1. The number of carbonyl (C=O) groups is 2. The van der Waals surface area contributed by atoms with Crippen LogP contribution in [0.3, 0.4) is 0 Å². The molecule has 29 heavy (non-hydrogen) atoms. The van der Waals surface area contributed by atoms with Gasteiger partial charge in [-0.15, -0.1) is 11.3 Å². The highest BCUT2D eigenvalue weighted by atomic mass is 32.1. The number of nitrogens with zero attached hydrogens (tertiary/aromatic N) is 3. The zero-order valence-electron chi connectivity index (χ0n) is 17.5. The third-order valence-electron chi connectivity index (χ3n) is 5.28. The van der Waals surface area contributed by atoms with Gasteiger partial charge in [0, 0.05) is 69.1 Å². The first-order chi connectivity index (χ1) is 14.0. The molecule has 0 saturated carbocycles. The molecule has 1 fully saturated rings. The van der Waals surface area contributed by atoms with E-state index in [4.69, 9.17) is 4.98 Å². The molecule has 0 spiro atoms. The summed E-state index contributed by atoms with van der Waals surface area (Å²) in [5.74, 6) is 0.456. The number of nitrogens with one attached hydrogen (secondary N) is 1. The molecule has 1 aliphatic rings. The largest absolute Gasteiger partial charge is 0.378 e. The zero-order chi connectivity index (χ0) is 20.8. The fourth-order valence-corrected chi connectivity index (χ4v) is 4.51. The molecule has 2 heterocycles. The van der Waals surface area contributed by atoms with Gasteiger partial charge in [-0.25, -0.2) is 4.98 Å². The Bertz CT molecular complexity index is 832. The second-order valence-corrected chi connectivity index (χ2v) is 8.55. The van der Waals surface area contributed by atoms with Gasteiger partial charge < -0.3 is 15.1 Å². The van der Waals surface area contributed by atoms with Crippen LogP contribution >= 0.6 is 11.3 Å². The molecule has 1 aromatic heterocycles. The maximum absolute atomic E-state index is 13.0. The van der Waals surface area contributed by atoms with E-state index in [1.807, 2.05) is 55.1 Å². The Labute approximate surface area is 176 Å². The molecule has 6 nitrogen and oxygen atoms in total. The standard InChI is InChI=1S/C22H30N4O2S/c1-4-20(27)23-12-11-18-15-29-21(24-18)17-6-5-13-26(14-17)22(28)16-7-9-19(10-8-16)25(2)3/h7-10,15,17H,4-6,11-14H2,1-3H3,(H,23,27). The second-order valence-electron chi connectivity index (χ2n) is 7.66. The number of hydrogen-bond donors (Lipinski definition) is 1. The number of anilines is 1. The van der Waals surface area contributed by atoms with Crippen molar-refractivity contribution >= 4 is 28.8 Å². The van der Waals surface area contributed by atoms with Gasteiger partial charge in [-0.3, -0.25) is 9.59 Å². The number of piperidine rings is 1. The minimum Gasteiger partial charge on any atom is -0.378 e. The van der Waals surface area contributed by atoms with Crippen molar-refractivity contribution in [2.75, 3.05) is 38.6 Å². The smallest absolute Gasteiger partial charge is 0.253 e. The molecule has 0 radical (unpaired) electrons. The molecule has 2 amide bonds. The summed E-state index contributed by atoms with van der Waals surface area (Å²) >= 11 is 1.67. The Kier molecular flexibility index (Phi) is 7.25. The van der Waals surface area contributed by atoms with Gasteiger partial charge in [0.2, 0.25) is 5.91 Å². The first-order valence-electron chi connectivity index (χ1n) is 10.3. The summed E-state index contributed by atoms with van der Waals surface area (Å²) in [6, 6.07) is 7.79. The number of aromatic nitrogens is 1. The van der Waals surface area contributed by atoms with Crippen LogP contribution in [-0.2, 0) is 11.2 Å². The normalized spacial score (nSPS) is 16.5. The zero-order valence-corrected chi connectivity index (χ0v) is 18.3. The summed E-state index contributed by atoms with van der Waals surface area (Å²) < 4.78 is 0. The van der Waals surface area contributed by atoms with Crippen molar-refractivity contribution in [3.63, 3.8) is 0 Å². The molecule has 0 bridgehead atoms. The summed E-state index contributed by atoms with van der Waals surface area (Å²) in [5.41, 5.74) is 2.84. The fourth-order valence-electron chi connectivity index (χ4n) is 3.53. The monoisotopic (exact) mass is 414 g/mol. The lowest BCUT2D eigenvalue weighted by Crippen LogP contribution is -2.39. The average Bonchev–Trinajstić information content (AvgIpc) is 3.22. The number of likely N-dealkylation sites (tertiary alicyclic amines) is 1. The molecule has 1 N–H and O–H groups in total. The van der Waals surface area contributed by atoms with Crippen molar-refractivity contribution in [1.29, 1.82) is 0 Å². The van der Waals surface area contributed by atoms with Crippen LogP contribution in [0.1, 0.15) is 53.2 Å². The molecule has 1 saturated heterocycles. The van der Waals surface area contributed by atoms with E-state index < -0.39 is 0 Å². The fraction of sp³-hybridized carbons (Fsp3) is 0.500. The van der Waals surface area contributed by atoms with Gasteiger partial charge in [0.25, 0.3) is 5.91 Å². The Hall–Kier alpha value is -2.41. The summed E-state index contributed by atoms with van der Waals surface area (Å²) in [6.07, 6.45) is 3.30. The van der Waals surface area contributed by atoms with Crippen LogP contribution in [0.25, 0.3) is 0 Å². The predicted octanol–water partition coefficient (Wildman–Crippen LogP) is 3.30. The molecular weight excluding hydrogens is 384 g/mol. The van der Waals surface area contributed by atoms with E-state index >= 15 is 0 Å². The number of hydrogen-bond acceptors (Lipinski definition) is 5. The Morgan fingerprint density at radius 2 is 2.03 bits per heavy atom. The number of rotatable bonds is 7. The number of benzene rings is 1. The minimum atomic E-state index is 0.0699. The van der Waals surface area contributed by atoms with Crippen molar-refractivity contribution in [2.45, 2.75) is 38.5 Å². The summed E-state index contributed by atoms with van der Waals surface area (Å²) in [4.78, 5) is 33.1. The van der Waals surface area contributed by atoms with E-state index in [0.29, 0.717) is 19.5 Å². The second kappa shape index (κ2) is 9.87. The first kappa shape index (κ1) is 21.3. The third-order valence-corrected chi connectivity index (χ3v) is 6.34. The summed E-state index contributed by atoms with van der Waals surface area (Å²) in [5, 5.41) is 6.07.